The number of benzene rings is 2. The molecular weight excluding hydrogens is 278 g/mol. The van der Waals surface area contributed by atoms with E-state index in [1.54, 1.807) is 26.2 Å². The summed E-state index contributed by atoms with van der Waals surface area (Å²) in [6, 6.07) is 14.8. The van der Waals surface area contributed by atoms with E-state index in [4.69, 9.17) is 9.47 Å². The summed E-state index contributed by atoms with van der Waals surface area (Å²) in [5, 5.41) is 2.82. The number of nitrogens with one attached hydrogen (secondary N) is 1. The molecule has 0 fully saturated rings. The van der Waals surface area contributed by atoms with Gasteiger partial charge in [0.15, 0.2) is 0 Å². The lowest BCUT2D eigenvalue weighted by Gasteiger charge is -2.07. The van der Waals surface area contributed by atoms with E-state index in [0.717, 1.165) is 11.3 Å². The van der Waals surface area contributed by atoms with Gasteiger partial charge in [0.1, 0.15) is 11.5 Å². The molecule has 4 nitrogen and oxygen atoms in total. The Hall–Kier alpha value is -2.75. The first-order valence-electron chi connectivity index (χ1n) is 6.94. The molecule has 0 aliphatic rings. The van der Waals surface area contributed by atoms with Gasteiger partial charge in [-0.2, -0.15) is 0 Å². The fraction of sp³-hybridized carbons (Fsp3) is 0.167. The van der Waals surface area contributed by atoms with E-state index in [-0.39, 0.29) is 5.91 Å². The summed E-state index contributed by atoms with van der Waals surface area (Å²) < 4.78 is 10.6. The molecule has 0 atom stereocenters. The van der Waals surface area contributed by atoms with Crippen LogP contribution in [0.1, 0.15) is 12.5 Å². The van der Waals surface area contributed by atoms with E-state index in [1.165, 1.54) is 6.26 Å². The minimum absolute atomic E-state index is 0.202. The maximum absolute atomic E-state index is 12.1. The summed E-state index contributed by atoms with van der Waals surface area (Å²) >= 11 is 0. The highest BCUT2D eigenvalue weighted by Crippen LogP contribution is 2.19. The molecule has 2 aromatic carbocycles. The van der Waals surface area contributed by atoms with Gasteiger partial charge in [-0.25, -0.2) is 0 Å². The predicted octanol–water partition coefficient (Wildman–Crippen LogP) is 3.92. The van der Waals surface area contributed by atoms with Crippen LogP contribution in [0.15, 0.2) is 60.4 Å². The number of carbonyl (C=O) groups excluding carboxylic acids is 1. The summed E-state index contributed by atoms with van der Waals surface area (Å²) in [7, 11) is 1.59. The van der Waals surface area contributed by atoms with Crippen molar-refractivity contribution in [2.75, 3.05) is 12.4 Å². The molecule has 2 aromatic rings. The fourth-order valence-corrected chi connectivity index (χ4v) is 1.75. The summed E-state index contributed by atoms with van der Waals surface area (Å²) in [5.41, 5.74) is 2.37. The van der Waals surface area contributed by atoms with Gasteiger partial charge in [-0.05, 0) is 38.1 Å². The topological polar surface area (TPSA) is 47.6 Å². The second kappa shape index (κ2) is 7.31. The monoisotopic (exact) mass is 297 g/mol. The number of hydrogen-bond acceptors (Lipinski definition) is 3. The van der Waals surface area contributed by atoms with E-state index in [2.05, 4.69) is 5.32 Å². The zero-order chi connectivity index (χ0) is 15.9. The van der Waals surface area contributed by atoms with Crippen LogP contribution >= 0.6 is 0 Å². The van der Waals surface area contributed by atoms with E-state index in [9.17, 15) is 4.79 Å². The Morgan fingerprint density at radius 2 is 1.77 bits per heavy atom. The Labute approximate surface area is 130 Å². The fourth-order valence-electron chi connectivity index (χ4n) is 1.75. The van der Waals surface area contributed by atoms with Gasteiger partial charge in [0.25, 0.3) is 5.91 Å². The molecule has 0 spiro atoms. The molecule has 0 aliphatic carbocycles. The lowest BCUT2D eigenvalue weighted by Crippen LogP contribution is -2.13. The normalized spacial score (nSPS) is 11.0. The van der Waals surface area contributed by atoms with Gasteiger partial charge in [-0.1, -0.05) is 23.8 Å². The molecule has 1 amide bonds. The van der Waals surface area contributed by atoms with Crippen molar-refractivity contribution in [3.8, 4) is 11.5 Å². The Balaban J connectivity index is 1.98. The quantitative estimate of drug-likeness (QED) is 0.672. The number of amides is 1. The van der Waals surface area contributed by atoms with Crippen LogP contribution in [0.4, 0.5) is 5.69 Å². The number of anilines is 1. The molecule has 114 valence electrons. The lowest BCUT2D eigenvalue weighted by molar-refractivity contribution is -0.112. The van der Waals surface area contributed by atoms with Gasteiger partial charge >= 0.3 is 0 Å². The third kappa shape index (κ3) is 4.38. The van der Waals surface area contributed by atoms with Gasteiger partial charge in [-0.15, -0.1) is 0 Å². The standard InChI is InChI=1S/C18H19NO3/c1-13-7-9-15(10-8-13)19-18(20)14(2)12-22-17-6-4-5-16(11-17)21-3/h4-12H,1-3H3,(H,19,20)/b14-12+. The van der Waals surface area contributed by atoms with Gasteiger partial charge in [0.05, 0.1) is 13.4 Å². The second-order valence-corrected chi connectivity index (χ2v) is 4.92. The third-order valence-electron chi connectivity index (χ3n) is 3.08. The van der Waals surface area contributed by atoms with E-state index in [0.29, 0.717) is 17.1 Å². The van der Waals surface area contributed by atoms with Crippen molar-refractivity contribution in [2.24, 2.45) is 0 Å². The molecular formula is C18H19NO3. The molecule has 4 heteroatoms. The highest BCUT2D eigenvalue weighted by molar-refractivity contribution is 6.03. The largest absolute Gasteiger partial charge is 0.497 e. The van der Waals surface area contributed by atoms with E-state index < -0.39 is 0 Å². The van der Waals surface area contributed by atoms with Crippen molar-refractivity contribution in [1.82, 2.24) is 0 Å². The van der Waals surface area contributed by atoms with Crippen molar-refractivity contribution in [3.05, 3.63) is 65.9 Å². The Bertz CT molecular complexity index is 675. The van der Waals surface area contributed by atoms with Gasteiger partial charge in [-0.3, -0.25) is 4.79 Å². The minimum atomic E-state index is -0.202. The summed E-state index contributed by atoms with van der Waals surface area (Å²) in [6.45, 7) is 3.70. The molecule has 0 bridgehead atoms. The average molecular weight is 297 g/mol. The van der Waals surface area contributed by atoms with Crippen LogP contribution in [0.25, 0.3) is 0 Å². The predicted molar refractivity (Wildman–Crippen MR) is 87.2 cm³/mol. The van der Waals surface area contributed by atoms with Crippen LogP contribution in [0.5, 0.6) is 11.5 Å². The lowest BCUT2D eigenvalue weighted by atomic mass is 10.2. The van der Waals surface area contributed by atoms with Crippen LogP contribution in [0.2, 0.25) is 0 Å². The first-order chi connectivity index (χ1) is 10.6. The molecule has 1 N–H and O–H groups in total. The molecule has 0 heterocycles. The van der Waals surface area contributed by atoms with Gasteiger partial charge in [0.2, 0.25) is 0 Å². The van der Waals surface area contributed by atoms with Crippen LogP contribution < -0.4 is 14.8 Å². The second-order valence-electron chi connectivity index (χ2n) is 4.92. The Morgan fingerprint density at radius 1 is 1.09 bits per heavy atom. The molecule has 0 saturated heterocycles. The number of aryl methyl sites for hydroxylation is 1. The molecule has 0 unspecified atom stereocenters. The van der Waals surface area contributed by atoms with Gasteiger partial charge in [0, 0.05) is 17.3 Å². The van der Waals surface area contributed by atoms with Crippen molar-refractivity contribution in [1.29, 1.82) is 0 Å². The van der Waals surface area contributed by atoms with Crippen LogP contribution in [0.3, 0.4) is 0 Å². The number of rotatable bonds is 5. The number of carbonyl (C=O) groups is 1. The molecule has 0 radical (unpaired) electrons. The Kier molecular flexibility index (Phi) is 5.20. The van der Waals surface area contributed by atoms with Crippen LogP contribution in [-0.4, -0.2) is 13.0 Å². The van der Waals surface area contributed by atoms with Gasteiger partial charge < -0.3 is 14.8 Å². The Morgan fingerprint density at radius 3 is 2.45 bits per heavy atom. The highest BCUT2D eigenvalue weighted by Gasteiger charge is 2.05. The third-order valence-corrected chi connectivity index (χ3v) is 3.08. The number of ether oxygens (including phenoxy) is 2. The molecule has 0 saturated carbocycles. The molecule has 22 heavy (non-hydrogen) atoms. The SMILES string of the molecule is COc1cccc(O/C=C(\C)C(=O)Nc2ccc(C)cc2)c1. The van der Waals surface area contributed by atoms with Crippen molar-refractivity contribution in [3.63, 3.8) is 0 Å². The van der Waals surface area contributed by atoms with E-state index in [1.807, 2.05) is 43.3 Å². The summed E-state index contributed by atoms with van der Waals surface area (Å²) in [5.74, 6) is 1.11. The van der Waals surface area contributed by atoms with E-state index >= 15 is 0 Å². The average Bonchev–Trinajstić information content (AvgIpc) is 2.54. The molecule has 0 aromatic heterocycles. The summed E-state index contributed by atoms with van der Waals surface area (Å²) in [6.07, 6.45) is 1.43. The molecule has 2 rings (SSSR count). The molecule has 0 aliphatic heterocycles. The first-order valence-corrected chi connectivity index (χ1v) is 6.94. The summed E-state index contributed by atoms with van der Waals surface area (Å²) in [4.78, 5) is 12.1. The zero-order valence-corrected chi connectivity index (χ0v) is 12.9. The van der Waals surface area contributed by atoms with Crippen LogP contribution in [0, 0.1) is 6.92 Å². The van der Waals surface area contributed by atoms with Crippen molar-refractivity contribution >= 4 is 11.6 Å². The number of methoxy groups -OCH3 is 1. The highest BCUT2D eigenvalue weighted by atomic mass is 16.5. The number of hydrogen-bond donors (Lipinski definition) is 1. The smallest absolute Gasteiger partial charge is 0.254 e. The first kappa shape index (κ1) is 15.6. The van der Waals surface area contributed by atoms with Crippen LogP contribution in [-0.2, 0) is 4.79 Å². The van der Waals surface area contributed by atoms with Crippen molar-refractivity contribution < 1.29 is 14.3 Å². The maximum Gasteiger partial charge on any atom is 0.254 e. The van der Waals surface area contributed by atoms with Crippen molar-refractivity contribution in [2.45, 2.75) is 13.8 Å². The maximum atomic E-state index is 12.1. The minimum Gasteiger partial charge on any atom is -0.497 e. The zero-order valence-electron chi connectivity index (χ0n) is 12.9.